The second kappa shape index (κ2) is 23.8. The van der Waals surface area contributed by atoms with Crippen LogP contribution in [0.5, 0.6) is 17.2 Å². The first-order chi connectivity index (χ1) is 30.3. The molecule has 4 rings (SSSR count). The van der Waals surface area contributed by atoms with Crippen molar-refractivity contribution >= 4 is 41.8 Å². The summed E-state index contributed by atoms with van der Waals surface area (Å²) in [5, 5.41) is 0. The topological polar surface area (TPSA) is 206 Å². The molecule has 0 unspecified atom stereocenters. The van der Waals surface area contributed by atoms with Gasteiger partial charge in [0.25, 0.3) is 0 Å². The fourth-order valence-corrected chi connectivity index (χ4v) is 7.62. The third kappa shape index (κ3) is 14.9. The molecule has 0 radical (unpaired) electrons. The van der Waals surface area contributed by atoms with Crippen LogP contribution in [0, 0.1) is 20.8 Å². The predicted molar refractivity (Wildman–Crippen MR) is 229 cm³/mol. The van der Waals surface area contributed by atoms with Crippen molar-refractivity contribution in [2.24, 2.45) is 0 Å². The zero-order valence-corrected chi connectivity index (χ0v) is 38.4. The summed E-state index contributed by atoms with van der Waals surface area (Å²) in [4.78, 5) is 90.5. The zero-order valence-electron chi connectivity index (χ0n) is 38.4. The lowest BCUT2D eigenvalue weighted by Gasteiger charge is -2.29. The van der Waals surface area contributed by atoms with E-state index in [1.165, 1.54) is 21.0 Å². The molecule has 0 amide bonds. The molecule has 1 saturated heterocycles. The third-order valence-electron chi connectivity index (χ3n) is 10.7. The number of morpholine rings is 1. The minimum atomic E-state index is -1.08. The van der Waals surface area contributed by atoms with Gasteiger partial charge in [0.05, 0.1) is 39.6 Å². The molecule has 2 aromatic carbocycles. The molecular formula is C47H61NO16. The SMILES string of the molecule is COc1c(C)c2c(c(OC(=O)CC(C)(C)c3c(C)cc(C)cc3OC(=O)CCC(=O)OC(COC(C)=O)COC(C)=O)c1C/C=C(\C)CCC(=O)OCCN1CCOCC1)C(=O)OC2. The molecule has 2 aromatic rings. The van der Waals surface area contributed by atoms with E-state index in [1.807, 2.05) is 39.8 Å². The number of rotatable bonds is 22. The van der Waals surface area contributed by atoms with Gasteiger partial charge < -0.3 is 42.6 Å². The molecule has 0 atom stereocenters. The van der Waals surface area contributed by atoms with E-state index in [1.54, 1.807) is 19.9 Å². The Morgan fingerprint density at radius 1 is 0.812 bits per heavy atom. The van der Waals surface area contributed by atoms with Crippen molar-refractivity contribution in [3.05, 3.63) is 62.7 Å². The number of hydrogen-bond acceptors (Lipinski definition) is 17. The van der Waals surface area contributed by atoms with E-state index in [-0.39, 0.29) is 68.5 Å². The first kappa shape index (κ1) is 50.8. The third-order valence-corrected chi connectivity index (χ3v) is 10.7. The molecule has 0 aliphatic carbocycles. The Morgan fingerprint density at radius 2 is 1.45 bits per heavy atom. The molecule has 0 saturated carbocycles. The normalized spacial score (nSPS) is 14.0. The van der Waals surface area contributed by atoms with Crippen LogP contribution in [0.25, 0.3) is 0 Å². The predicted octanol–water partition coefficient (Wildman–Crippen LogP) is 5.43. The van der Waals surface area contributed by atoms with E-state index in [4.69, 9.17) is 42.6 Å². The molecule has 2 heterocycles. The molecule has 2 aliphatic rings. The number of esters is 7. The van der Waals surface area contributed by atoms with Gasteiger partial charge in [-0.25, -0.2) is 4.79 Å². The van der Waals surface area contributed by atoms with E-state index in [2.05, 4.69) is 4.90 Å². The highest BCUT2D eigenvalue weighted by molar-refractivity contribution is 5.99. The van der Waals surface area contributed by atoms with Crippen molar-refractivity contribution in [1.82, 2.24) is 4.90 Å². The average molecular weight is 896 g/mol. The molecule has 0 bridgehead atoms. The summed E-state index contributed by atoms with van der Waals surface area (Å²) in [6.07, 6.45) is 0.635. The molecule has 0 aromatic heterocycles. The summed E-state index contributed by atoms with van der Waals surface area (Å²) in [7, 11) is 1.49. The number of benzene rings is 2. The Hall–Kier alpha value is -5.81. The molecule has 2 aliphatic heterocycles. The second-order valence-corrected chi connectivity index (χ2v) is 16.5. The Balaban J connectivity index is 1.48. The van der Waals surface area contributed by atoms with Gasteiger partial charge in [0.1, 0.15) is 43.5 Å². The van der Waals surface area contributed by atoms with Crippen LogP contribution >= 0.6 is 0 Å². The number of carbonyl (C=O) groups excluding carboxylic acids is 7. The van der Waals surface area contributed by atoms with Crippen molar-refractivity contribution in [2.45, 2.75) is 112 Å². The van der Waals surface area contributed by atoms with Gasteiger partial charge in [0, 0.05) is 62.0 Å². The number of hydrogen-bond donors (Lipinski definition) is 0. The fourth-order valence-electron chi connectivity index (χ4n) is 7.62. The minimum absolute atomic E-state index is 0.0205. The summed E-state index contributed by atoms with van der Waals surface area (Å²) >= 11 is 0. The molecule has 0 N–H and O–H groups in total. The van der Waals surface area contributed by atoms with Gasteiger partial charge in [-0.2, -0.15) is 0 Å². The molecule has 0 spiro atoms. The molecule has 1 fully saturated rings. The van der Waals surface area contributed by atoms with Gasteiger partial charge in [0.15, 0.2) is 11.9 Å². The maximum Gasteiger partial charge on any atom is 0.342 e. The fraction of sp³-hybridized carbons (Fsp3) is 0.553. The van der Waals surface area contributed by atoms with Crippen LogP contribution in [0.3, 0.4) is 0 Å². The van der Waals surface area contributed by atoms with Crippen LogP contribution < -0.4 is 14.2 Å². The van der Waals surface area contributed by atoms with E-state index >= 15 is 0 Å². The molecule has 350 valence electrons. The Bertz CT molecular complexity index is 2080. The highest BCUT2D eigenvalue weighted by atomic mass is 16.6. The average Bonchev–Trinajstić information content (AvgIpc) is 3.61. The van der Waals surface area contributed by atoms with Gasteiger partial charge >= 0.3 is 41.8 Å². The maximum atomic E-state index is 14.1. The van der Waals surface area contributed by atoms with Gasteiger partial charge in [0.2, 0.25) is 0 Å². The Labute approximate surface area is 373 Å². The number of cyclic esters (lactones) is 1. The van der Waals surface area contributed by atoms with Gasteiger partial charge in [-0.05, 0) is 63.3 Å². The Kier molecular flexibility index (Phi) is 18.9. The number of methoxy groups -OCH3 is 1. The van der Waals surface area contributed by atoms with E-state index in [0.29, 0.717) is 60.8 Å². The van der Waals surface area contributed by atoms with E-state index < -0.39 is 53.8 Å². The quantitative estimate of drug-likeness (QED) is 0.0625. The smallest absolute Gasteiger partial charge is 0.342 e. The number of carbonyl (C=O) groups is 7. The first-order valence-corrected chi connectivity index (χ1v) is 21.3. The maximum absolute atomic E-state index is 14.1. The van der Waals surface area contributed by atoms with Crippen LogP contribution in [0.15, 0.2) is 23.8 Å². The second-order valence-electron chi connectivity index (χ2n) is 16.5. The van der Waals surface area contributed by atoms with Crippen molar-refractivity contribution in [3.8, 4) is 17.2 Å². The zero-order chi connectivity index (χ0) is 47.1. The highest BCUT2D eigenvalue weighted by Gasteiger charge is 2.36. The van der Waals surface area contributed by atoms with Crippen molar-refractivity contribution in [1.29, 1.82) is 0 Å². The van der Waals surface area contributed by atoms with Crippen LogP contribution in [-0.2, 0) is 75.6 Å². The lowest BCUT2D eigenvalue weighted by Crippen LogP contribution is -2.38. The van der Waals surface area contributed by atoms with Crippen LogP contribution in [0.4, 0.5) is 0 Å². The summed E-state index contributed by atoms with van der Waals surface area (Å²) < 4.78 is 49.1. The molecule has 17 heteroatoms. The van der Waals surface area contributed by atoms with Crippen LogP contribution in [0.1, 0.15) is 110 Å². The van der Waals surface area contributed by atoms with E-state index in [0.717, 1.165) is 29.8 Å². The number of fused-ring (bicyclic) bond motifs is 1. The van der Waals surface area contributed by atoms with Gasteiger partial charge in [-0.3, -0.25) is 33.7 Å². The van der Waals surface area contributed by atoms with Crippen LogP contribution in [-0.4, -0.2) is 113 Å². The Morgan fingerprint density at radius 3 is 2.09 bits per heavy atom. The number of ether oxygens (including phenoxy) is 9. The summed E-state index contributed by atoms with van der Waals surface area (Å²) in [6.45, 7) is 16.4. The van der Waals surface area contributed by atoms with Crippen LogP contribution in [0.2, 0.25) is 0 Å². The summed E-state index contributed by atoms with van der Waals surface area (Å²) in [5.41, 5.74) is 3.73. The molecular weight excluding hydrogens is 835 g/mol. The number of allylic oxidation sites excluding steroid dienone is 2. The largest absolute Gasteiger partial charge is 0.496 e. The van der Waals surface area contributed by atoms with Gasteiger partial charge in [-0.1, -0.05) is 31.6 Å². The van der Waals surface area contributed by atoms with Crippen molar-refractivity contribution in [3.63, 3.8) is 0 Å². The van der Waals surface area contributed by atoms with Crippen molar-refractivity contribution < 1.29 is 76.2 Å². The summed E-state index contributed by atoms with van der Waals surface area (Å²) in [6, 6.07) is 3.54. The number of aryl methyl sites for hydroxylation is 2. The van der Waals surface area contributed by atoms with Gasteiger partial charge in [-0.15, -0.1) is 0 Å². The minimum Gasteiger partial charge on any atom is -0.496 e. The number of nitrogens with zero attached hydrogens (tertiary/aromatic N) is 1. The molecule has 64 heavy (non-hydrogen) atoms. The standard InChI is InChI=1S/C47H61NO16/c1-28(11-13-38(51)58-21-18-48-16-19-57-20-17-48)10-12-35-44(56-9)31(4)36-27-61-46(55)42(36)45(35)64-41(54)24-47(7,8)43-30(3)22-29(2)23-37(43)63-40(53)15-14-39(52)62-34(25-59-32(5)49)26-60-33(6)50/h10,22-23,34H,11-21,24-27H2,1-9H3/b28-10+. The first-order valence-electron chi connectivity index (χ1n) is 21.3. The van der Waals surface area contributed by atoms with Crippen molar-refractivity contribution in [2.75, 3.05) is 59.8 Å². The monoisotopic (exact) mass is 895 g/mol. The lowest BCUT2D eigenvalue weighted by atomic mass is 9.78. The lowest BCUT2D eigenvalue weighted by molar-refractivity contribution is -0.165. The molecule has 17 nitrogen and oxygen atoms in total. The van der Waals surface area contributed by atoms with E-state index in [9.17, 15) is 33.6 Å². The highest BCUT2D eigenvalue weighted by Crippen LogP contribution is 2.44. The summed E-state index contributed by atoms with van der Waals surface area (Å²) in [5.74, 6) is -3.81.